The lowest BCUT2D eigenvalue weighted by Crippen LogP contribution is -2.53. The number of alkyl carbamates (subject to hydrolysis) is 1. The van der Waals surface area contributed by atoms with Gasteiger partial charge in [0.2, 0.25) is 5.91 Å². The van der Waals surface area contributed by atoms with Crippen LogP contribution in [-0.2, 0) is 38.5 Å². The molecular formula is C28H27N3O5. The molecule has 0 unspecified atom stereocenters. The van der Waals surface area contributed by atoms with E-state index in [2.05, 4.69) is 16.7 Å². The maximum Gasteiger partial charge on any atom is 0.408 e. The smallest absolute Gasteiger partial charge is 0.408 e. The zero-order valence-electron chi connectivity index (χ0n) is 19.8. The minimum Gasteiger partial charge on any atom is -0.467 e. The van der Waals surface area contributed by atoms with E-state index in [1.165, 1.54) is 7.11 Å². The molecule has 0 aromatic heterocycles. The maximum atomic E-state index is 13.3. The van der Waals surface area contributed by atoms with Gasteiger partial charge in [-0.15, -0.1) is 0 Å². The van der Waals surface area contributed by atoms with Gasteiger partial charge >= 0.3 is 12.1 Å². The first-order valence-electron chi connectivity index (χ1n) is 11.4. The van der Waals surface area contributed by atoms with E-state index < -0.39 is 30.1 Å². The fourth-order valence-corrected chi connectivity index (χ4v) is 3.58. The number of amides is 2. The molecule has 2 N–H and O–H groups in total. The number of hydrogen-bond acceptors (Lipinski definition) is 6. The van der Waals surface area contributed by atoms with Crippen molar-refractivity contribution in [3.8, 4) is 6.07 Å². The van der Waals surface area contributed by atoms with Gasteiger partial charge in [-0.2, -0.15) is 5.26 Å². The number of carbonyl (C=O) groups excluding carboxylic acids is 3. The number of nitrogens with one attached hydrogen (secondary N) is 2. The van der Waals surface area contributed by atoms with Gasteiger partial charge in [-0.25, -0.2) is 9.59 Å². The third kappa shape index (κ3) is 7.99. The van der Waals surface area contributed by atoms with Crippen molar-refractivity contribution in [2.75, 3.05) is 7.11 Å². The SMILES string of the molecule is COC(=O)[C@@H](Cc1cccc(C#N)c1)NC(=O)[C@@H](Cc1ccccc1)NC(=O)OCc1ccccc1. The van der Waals surface area contributed by atoms with Gasteiger partial charge in [0.25, 0.3) is 0 Å². The fourth-order valence-electron chi connectivity index (χ4n) is 3.58. The monoisotopic (exact) mass is 485 g/mol. The minimum absolute atomic E-state index is 0.0480. The molecule has 0 aliphatic carbocycles. The molecule has 0 saturated carbocycles. The summed E-state index contributed by atoms with van der Waals surface area (Å²) in [6.07, 6.45) is -0.457. The van der Waals surface area contributed by atoms with Gasteiger partial charge in [0.05, 0.1) is 18.7 Å². The zero-order valence-corrected chi connectivity index (χ0v) is 19.8. The number of nitriles is 1. The number of ether oxygens (including phenoxy) is 2. The summed E-state index contributed by atoms with van der Waals surface area (Å²) >= 11 is 0. The first kappa shape index (κ1) is 26.0. The summed E-state index contributed by atoms with van der Waals surface area (Å²) in [6, 6.07) is 25.1. The van der Waals surface area contributed by atoms with Crippen LogP contribution < -0.4 is 10.6 Å². The molecule has 0 aliphatic heterocycles. The van der Waals surface area contributed by atoms with Gasteiger partial charge in [-0.3, -0.25) is 4.79 Å². The Balaban J connectivity index is 1.73. The van der Waals surface area contributed by atoms with E-state index in [9.17, 15) is 14.4 Å². The lowest BCUT2D eigenvalue weighted by molar-refractivity contribution is -0.145. The van der Waals surface area contributed by atoms with Crippen LogP contribution in [0, 0.1) is 11.3 Å². The highest BCUT2D eigenvalue weighted by atomic mass is 16.5. The summed E-state index contributed by atoms with van der Waals surface area (Å²) < 4.78 is 10.2. The van der Waals surface area contributed by atoms with Crippen molar-refractivity contribution >= 4 is 18.0 Å². The predicted octanol–water partition coefficient (Wildman–Crippen LogP) is 3.30. The number of nitrogens with zero attached hydrogens (tertiary/aromatic N) is 1. The normalized spacial score (nSPS) is 11.9. The molecule has 0 aliphatic rings. The van der Waals surface area contributed by atoms with Crippen molar-refractivity contribution in [3.05, 3.63) is 107 Å². The Morgan fingerprint density at radius 1 is 0.806 bits per heavy atom. The predicted molar refractivity (Wildman–Crippen MR) is 133 cm³/mol. The van der Waals surface area contributed by atoms with Crippen molar-refractivity contribution in [2.45, 2.75) is 31.5 Å². The molecule has 0 bridgehead atoms. The molecule has 0 spiro atoms. The van der Waals surface area contributed by atoms with Crippen molar-refractivity contribution in [2.24, 2.45) is 0 Å². The molecule has 0 radical (unpaired) electrons. The standard InChI is InChI=1S/C28H27N3O5/c1-35-27(33)25(17-22-13-8-14-23(15-22)18-29)30-26(32)24(16-20-9-4-2-5-10-20)31-28(34)36-19-21-11-6-3-7-12-21/h2-15,24-25H,16-17,19H2,1H3,(H,30,32)(H,31,34)/t24-,25-/m1/s1. The maximum absolute atomic E-state index is 13.3. The molecule has 0 heterocycles. The van der Waals surface area contributed by atoms with Crippen LogP contribution in [0.5, 0.6) is 0 Å². The van der Waals surface area contributed by atoms with E-state index in [0.29, 0.717) is 11.1 Å². The molecule has 8 heteroatoms. The van der Waals surface area contributed by atoms with Crippen molar-refractivity contribution in [1.82, 2.24) is 10.6 Å². The largest absolute Gasteiger partial charge is 0.467 e. The Hall–Kier alpha value is -4.64. The van der Waals surface area contributed by atoms with Crippen LogP contribution in [0.1, 0.15) is 22.3 Å². The lowest BCUT2D eigenvalue weighted by Gasteiger charge is -2.22. The molecule has 3 aromatic carbocycles. The zero-order chi connectivity index (χ0) is 25.8. The van der Waals surface area contributed by atoms with E-state index in [1.807, 2.05) is 60.7 Å². The van der Waals surface area contributed by atoms with Gasteiger partial charge in [0, 0.05) is 12.8 Å². The highest BCUT2D eigenvalue weighted by molar-refractivity contribution is 5.90. The van der Waals surface area contributed by atoms with Crippen molar-refractivity contribution in [1.29, 1.82) is 5.26 Å². The third-order valence-electron chi connectivity index (χ3n) is 5.40. The molecule has 0 saturated heterocycles. The summed E-state index contributed by atoms with van der Waals surface area (Å²) in [5, 5.41) is 14.4. The van der Waals surface area contributed by atoms with Crippen molar-refractivity contribution in [3.63, 3.8) is 0 Å². The number of carbonyl (C=O) groups is 3. The number of benzene rings is 3. The molecule has 36 heavy (non-hydrogen) atoms. The Labute approximate surface area is 209 Å². The van der Waals surface area contributed by atoms with E-state index >= 15 is 0 Å². The summed E-state index contributed by atoms with van der Waals surface area (Å²) in [5.74, 6) is -1.21. The molecule has 3 rings (SSSR count). The number of methoxy groups -OCH3 is 1. The van der Waals surface area contributed by atoms with Gasteiger partial charge in [-0.05, 0) is 28.8 Å². The molecule has 3 aromatic rings. The molecule has 2 amide bonds. The third-order valence-corrected chi connectivity index (χ3v) is 5.40. The average Bonchev–Trinajstić information content (AvgIpc) is 2.92. The highest BCUT2D eigenvalue weighted by Crippen LogP contribution is 2.10. The second-order valence-corrected chi connectivity index (χ2v) is 8.05. The van der Waals surface area contributed by atoms with Crippen LogP contribution in [-0.4, -0.2) is 37.2 Å². The molecular weight excluding hydrogens is 458 g/mol. The van der Waals surface area contributed by atoms with Gasteiger partial charge < -0.3 is 20.1 Å². The van der Waals surface area contributed by atoms with E-state index in [4.69, 9.17) is 14.7 Å². The van der Waals surface area contributed by atoms with Gasteiger partial charge in [0.15, 0.2) is 0 Å². The number of esters is 1. The van der Waals surface area contributed by atoms with Crippen LogP contribution in [0.2, 0.25) is 0 Å². The summed E-state index contributed by atoms with van der Waals surface area (Å²) in [6.45, 7) is 0.0480. The average molecular weight is 486 g/mol. The van der Waals surface area contributed by atoms with E-state index in [-0.39, 0.29) is 19.4 Å². The Kier molecular flexibility index (Phi) is 9.60. The second-order valence-electron chi connectivity index (χ2n) is 8.05. The second kappa shape index (κ2) is 13.3. The van der Waals surface area contributed by atoms with Gasteiger partial charge in [-0.1, -0.05) is 72.8 Å². The molecule has 0 fully saturated rings. The number of hydrogen-bond donors (Lipinski definition) is 2. The Morgan fingerprint density at radius 3 is 2.06 bits per heavy atom. The first-order valence-corrected chi connectivity index (χ1v) is 11.4. The summed E-state index contributed by atoms with van der Waals surface area (Å²) in [4.78, 5) is 38.2. The fraction of sp³-hybridized carbons (Fsp3) is 0.214. The minimum atomic E-state index is -1.02. The van der Waals surface area contributed by atoms with Crippen LogP contribution in [0.25, 0.3) is 0 Å². The van der Waals surface area contributed by atoms with Crippen LogP contribution in [0.3, 0.4) is 0 Å². The summed E-state index contributed by atoms with van der Waals surface area (Å²) in [5.41, 5.74) is 2.74. The van der Waals surface area contributed by atoms with Crippen LogP contribution >= 0.6 is 0 Å². The van der Waals surface area contributed by atoms with Crippen LogP contribution in [0.4, 0.5) is 4.79 Å². The van der Waals surface area contributed by atoms with Gasteiger partial charge in [0.1, 0.15) is 18.7 Å². The molecule has 184 valence electrons. The molecule has 2 atom stereocenters. The Morgan fingerprint density at radius 2 is 1.42 bits per heavy atom. The van der Waals surface area contributed by atoms with Crippen LogP contribution in [0.15, 0.2) is 84.9 Å². The summed E-state index contributed by atoms with van der Waals surface area (Å²) in [7, 11) is 1.23. The quantitative estimate of drug-likeness (QED) is 0.426. The topological polar surface area (TPSA) is 118 Å². The first-order chi connectivity index (χ1) is 17.5. The number of rotatable bonds is 10. The van der Waals surface area contributed by atoms with E-state index in [0.717, 1.165) is 11.1 Å². The highest BCUT2D eigenvalue weighted by Gasteiger charge is 2.28. The van der Waals surface area contributed by atoms with Crippen molar-refractivity contribution < 1.29 is 23.9 Å². The van der Waals surface area contributed by atoms with E-state index in [1.54, 1.807) is 24.3 Å². The molecule has 8 nitrogen and oxygen atoms in total. The lowest BCUT2D eigenvalue weighted by atomic mass is 10.0. The Bertz CT molecular complexity index is 1210.